The second-order valence-electron chi connectivity index (χ2n) is 6.52. The first-order chi connectivity index (χ1) is 13.6. The zero-order valence-corrected chi connectivity index (χ0v) is 16.5. The molecule has 6 nitrogen and oxygen atoms in total. The molecule has 0 saturated carbocycles. The number of benzene rings is 2. The lowest BCUT2D eigenvalue weighted by atomic mass is 10.1. The van der Waals surface area contributed by atoms with E-state index in [1.54, 1.807) is 23.1 Å². The van der Waals surface area contributed by atoms with Gasteiger partial charge in [0.15, 0.2) is 0 Å². The summed E-state index contributed by atoms with van der Waals surface area (Å²) < 4.78 is 19.9. The molecule has 2 aromatic carbocycles. The van der Waals surface area contributed by atoms with Crippen molar-refractivity contribution >= 4 is 23.2 Å². The van der Waals surface area contributed by atoms with Gasteiger partial charge < -0.3 is 14.2 Å². The molecule has 8 heteroatoms. The maximum Gasteiger partial charge on any atom is 0.217 e. The lowest BCUT2D eigenvalue weighted by Gasteiger charge is -2.29. The van der Waals surface area contributed by atoms with Gasteiger partial charge in [0.1, 0.15) is 25.3 Å². The van der Waals surface area contributed by atoms with E-state index in [9.17, 15) is 0 Å². The summed E-state index contributed by atoms with van der Waals surface area (Å²) in [6, 6.07) is 15.2. The number of hydrogen-bond acceptors (Lipinski definition) is 5. The van der Waals surface area contributed by atoms with Crippen molar-refractivity contribution in [1.29, 1.82) is 0 Å². The smallest absolute Gasteiger partial charge is 0.217 e. The van der Waals surface area contributed by atoms with Crippen molar-refractivity contribution < 1.29 is 14.2 Å². The molecule has 0 radical (unpaired) electrons. The predicted octanol–water partition coefficient (Wildman–Crippen LogP) is 4.07. The van der Waals surface area contributed by atoms with Gasteiger partial charge in [-0.3, -0.25) is 0 Å². The van der Waals surface area contributed by atoms with Gasteiger partial charge in [-0.1, -0.05) is 59.6 Å². The molecule has 0 amide bonds. The van der Waals surface area contributed by atoms with E-state index in [0.717, 1.165) is 5.56 Å². The fourth-order valence-corrected chi connectivity index (χ4v) is 3.72. The van der Waals surface area contributed by atoms with Crippen molar-refractivity contribution in [3.63, 3.8) is 0 Å². The summed E-state index contributed by atoms with van der Waals surface area (Å²) in [7, 11) is 0. The molecule has 1 aliphatic heterocycles. The van der Waals surface area contributed by atoms with Crippen molar-refractivity contribution in [2.75, 3.05) is 13.2 Å². The molecule has 0 unspecified atom stereocenters. The van der Waals surface area contributed by atoms with Crippen LogP contribution in [-0.4, -0.2) is 34.1 Å². The van der Waals surface area contributed by atoms with Gasteiger partial charge in [-0.2, -0.15) is 5.10 Å². The maximum atomic E-state index is 6.45. The van der Waals surface area contributed by atoms with Gasteiger partial charge in [-0.05, 0) is 17.7 Å². The average Bonchev–Trinajstić information content (AvgIpc) is 3.34. The molecule has 146 valence electrons. The Morgan fingerprint density at radius 1 is 1.18 bits per heavy atom. The monoisotopic (exact) mass is 419 g/mol. The lowest BCUT2D eigenvalue weighted by molar-refractivity contribution is -0.193. The van der Waals surface area contributed by atoms with E-state index in [1.165, 1.54) is 6.33 Å². The maximum absolute atomic E-state index is 6.45. The van der Waals surface area contributed by atoms with E-state index in [1.807, 2.05) is 36.4 Å². The molecule has 4 rings (SSSR count). The highest BCUT2D eigenvalue weighted by atomic mass is 35.5. The first-order valence-electron chi connectivity index (χ1n) is 8.86. The third-order valence-electron chi connectivity index (χ3n) is 4.45. The summed E-state index contributed by atoms with van der Waals surface area (Å²) in [5, 5.41) is 5.19. The normalized spacial score (nSPS) is 21.9. The fraction of sp³-hybridized carbons (Fsp3) is 0.300. The first kappa shape index (κ1) is 19.4. The Morgan fingerprint density at radius 3 is 2.79 bits per heavy atom. The quantitative estimate of drug-likeness (QED) is 0.577. The van der Waals surface area contributed by atoms with Crippen LogP contribution in [0.3, 0.4) is 0 Å². The molecule has 1 fully saturated rings. The average molecular weight is 420 g/mol. The number of halogens is 2. The minimum Gasteiger partial charge on any atom is -0.374 e. The third-order valence-corrected chi connectivity index (χ3v) is 5.00. The van der Waals surface area contributed by atoms with Gasteiger partial charge in [0.05, 0.1) is 24.8 Å². The molecule has 1 aliphatic rings. The molecular weight excluding hydrogens is 401 g/mol. The second kappa shape index (κ2) is 8.59. The van der Waals surface area contributed by atoms with E-state index in [2.05, 4.69) is 10.1 Å². The van der Waals surface area contributed by atoms with Gasteiger partial charge in [0.2, 0.25) is 5.79 Å². The van der Waals surface area contributed by atoms with Crippen LogP contribution in [0.25, 0.3) is 0 Å². The molecule has 1 saturated heterocycles. The minimum atomic E-state index is -1.09. The van der Waals surface area contributed by atoms with Crippen LogP contribution < -0.4 is 0 Å². The van der Waals surface area contributed by atoms with E-state index in [4.69, 9.17) is 37.4 Å². The van der Waals surface area contributed by atoms with Gasteiger partial charge in [0.25, 0.3) is 0 Å². The highest BCUT2D eigenvalue weighted by Crippen LogP contribution is 2.40. The van der Waals surface area contributed by atoms with Crippen molar-refractivity contribution in [2.45, 2.75) is 25.0 Å². The van der Waals surface area contributed by atoms with Crippen LogP contribution in [0.5, 0.6) is 0 Å². The van der Waals surface area contributed by atoms with Crippen molar-refractivity contribution in [1.82, 2.24) is 14.8 Å². The SMILES string of the molecule is Clc1ccc([C@]2(Cn3cncn3)OC[C@H](COCc3ccccc3)O2)c(Cl)c1. The van der Waals surface area contributed by atoms with E-state index in [0.29, 0.717) is 42.0 Å². The molecule has 0 spiro atoms. The Bertz CT molecular complexity index is 908. The highest BCUT2D eigenvalue weighted by molar-refractivity contribution is 6.35. The van der Waals surface area contributed by atoms with E-state index >= 15 is 0 Å². The Labute approximate surface area is 173 Å². The zero-order chi connectivity index (χ0) is 19.4. The van der Waals surface area contributed by atoms with Crippen molar-refractivity contribution in [3.05, 3.63) is 82.4 Å². The third kappa shape index (κ3) is 4.37. The van der Waals surface area contributed by atoms with E-state index in [-0.39, 0.29) is 6.10 Å². The summed E-state index contributed by atoms with van der Waals surface area (Å²) >= 11 is 12.5. The Morgan fingerprint density at radius 2 is 2.04 bits per heavy atom. The van der Waals surface area contributed by atoms with Crippen molar-refractivity contribution in [3.8, 4) is 0 Å². The first-order valence-corrected chi connectivity index (χ1v) is 9.62. The van der Waals surface area contributed by atoms with Gasteiger partial charge in [0, 0.05) is 10.6 Å². The number of ether oxygens (including phenoxy) is 3. The number of hydrogen-bond donors (Lipinski definition) is 0. The fourth-order valence-electron chi connectivity index (χ4n) is 3.16. The molecular formula is C20H19Cl2N3O3. The second-order valence-corrected chi connectivity index (χ2v) is 7.37. The summed E-state index contributed by atoms with van der Waals surface area (Å²) in [4.78, 5) is 3.99. The van der Waals surface area contributed by atoms with Crippen LogP contribution in [0.1, 0.15) is 11.1 Å². The molecule has 3 aromatic rings. The summed E-state index contributed by atoms with van der Waals surface area (Å²) in [5.74, 6) is -1.09. The van der Waals surface area contributed by atoms with Gasteiger partial charge >= 0.3 is 0 Å². The van der Waals surface area contributed by atoms with Crippen LogP contribution >= 0.6 is 23.2 Å². The largest absolute Gasteiger partial charge is 0.374 e. The molecule has 1 aromatic heterocycles. The van der Waals surface area contributed by atoms with Crippen LogP contribution in [0, 0.1) is 0 Å². The number of rotatable bonds is 7. The molecule has 28 heavy (non-hydrogen) atoms. The topological polar surface area (TPSA) is 58.4 Å². The Hall–Kier alpha value is -1.96. The van der Waals surface area contributed by atoms with Crippen LogP contribution in [-0.2, 0) is 33.1 Å². The molecule has 2 heterocycles. The standard InChI is InChI=1S/C20H19Cl2N3O3/c21-16-6-7-18(19(22)8-16)20(12-25-14-23-13-24-25)27-11-17(28-20)10-26-9-15-4-2-1-3-5-15/h1-8,13-14,17H,9-12H2/t17-,20+/m0/s1. The van der Waals surface area contributed by atoms with Crippen molar-refractivity contribution in [2.24, 2.45) is 0 Å². The lowest BCUT2D eigenvalue weighted by Crippen LogP contribution is -2.34. The zero-order valence-electron chi connectivity index (χ0n) is 15.0. The van der Waals surface area contributed by atoms with E-state index < -0.39 is 5.79 Å². The molecule has 2 atom stereocenters. The summed E-state index contributed by atoms with van der Waals surface area (Å²) in [6.45, 7) is 1.60. The van der Waals surface area contributed by atoms with Gasteiger partial charge in [-0.15, -0.1) is 0 Å². The predicted molar refractivity (Wildman–Crippen MR) is 105 cm³/mol. The highest BCUT2D eigenvalue weighted by Gasteiger charge is 2.45. The van der Waals surface area contributed by atoms with Crippen LogP contribution in [0.2, 0.25) is 10.0 Å². The Balaban J connectivity index is 1.49. The molecule has 0 bridgehead atoms. The number of nitrogens with zero attached hydrogens (tertiary/aromatic N) is 3. The summed E-state index contributed by atoms with van der Waals surface area (Å²) in [5.41, 5.74) is 1.80. The molecule has 0 aliphatic carbocycles. The minimum absolute atomic E-state index is 0.237. The number of aromatic nitrogens is 3. The van der Waals surface area contributed by atoms with Gasteiger partial charge in [-0.25, -0.2) is 9.67 Å². The Kier molecular flexibility index (Phi) is 5.94. The summed E-state index contributed by atoms with van der Waals surface area (Å²) in [6.07, 6.45) is 2.84. The van der Waals surface area contributed by atoms with Crippen LogP contribution in [0.15, 0.2) is 61.2 Å². The molecule has 0 N–H and O–H groups in total. The van der Waals surface area contributed by atoms with Crippen LogP contribution in [0.4, 0.5) is 0 Å².